The van der Waals surface area contributed by atoms with Crippen LogP contribution in [0.1, 0.15) is 52.9 Å². The lowest BCUT2D eigenvalue weighted by molar-refractivity contribution is -0.142. The lowest BCUT2D eigenvalue weighted by Gasteiger charge is -2.12. The molecule has 2 aromatic heterocycles. The molecule has 0 saturated heterocycles. The summed E-state index contributed by atoms with van der Waals surface area (Å²) in [5, 5.41) is 0.587. The van der Waals surface area contributed by atoms with Gasteiger partial charge in [0.25, 0.3) is 5.56 Å². The van der Waals surface area contributed by atoms with Gasteiger partial charge in [0.2, 0.25) is 5.78 Å². The van der Waals surface area contributed by atoms with Crippen molar-refractivity contribution in [2.45, 2.75) is 45.6 Å². The van der Waals surface area contributed by atoms with Crippen LogP contribution in [0.2, 0.25) is 0 Å². The van der Waals surface area contributed by atoms with Crippen molar-refractivity contribution in [3.8, 4) is 5.69 Å². The highest BCUT2D eigenvalue weighted by atomic mass is 16.5. The molecule has 0 spiro atoms. The number of rotatable bonds is 8. The van der Waals surface area contributed by atoms with E-state index in [2.05, 4.69) is 4.98 Å². The summed E-state index contributed by atoms with van der Waals surface area (Å²) in [5.41, 5.74) is 3.82. The number of ether oxygens (including phenoxy) is 1. The fourth-order valence-corrected chi connectivity index (χ4v) is 4.61. The zero-order valence-corrected chi connectivity index (χ0v) is 19.9. The van der Waals surface area contributed by atoms with Crippen molar-refractivity contribution in [1.82, 2.24) is 14.1 Å². The molecule has 1 aliphatic carbocycles. The van der Waals surface area contributed by atoms with Crippen LogP contribution < -0.4 is 5.56 Å². The molecule has 0 bridgehead atoms. The smallest absolute Gasteiger partial charge is 0.306 e. The summed E-state index contributed by atoms with van der Waals surface area (Å²) in [7, 11) is 0. The third kappa shape index (κ3) is 4.54. The van der Waals surface area contributed by atoms with Crippen molar-refractivity contribution in [2.75, 3.05) is 6.61 Å². The van der Waals surface area contributed by atoms with Crippen molar-refractivity contribution in [2.24, 2.45) is 0 Å². The highest BCUT2D eigenvalue weighted by molar-refractivity contribution is 5.99. The molecule has 0 N–H and O–H groups in total. The molecule has 1 fully saturated rings. The summed E-state index contributed by atoms with van der Waals surface area (Å²) < 4.78 is 9.04. The average Bonchev–Trinajstić information content (AvgIpc) is 3.65. The molecule has 0 radical (unpaired) electrons. The summed E-state index contributed by atoms with van der Waals surface area (Å²) in [4.78, 5) is 42.9. The number of Topliss-reactive ketones (excluding diaryl/α,β-unsaturated/α-hetero) is 1. The summed E-state index contributed by atoms with van der Waals surface area (Å²) >= 11 is 0. The Kier molecular flexibility index (Phi) is 6.07. The second-order valence-corrected chi connectivity index (χ2v) is 8.99. The Balaban J connectivity index is 1.25. The van der Waals surface area contributed by atoms with Crippen molar-refractivity contribution >= 4 is 22.7 Å². The predicted molar refractivity (Wildman–Crippen MR) is 133 cm³/mol. The van der Waals surface area contributed by atoms with E-state index in [-0.39, 0.29) is 36.8 Å². The third-order valence-corrected chi connectivity index (χ3v) is 6.46. The summed E-state index contributed by atoms with van der Waals surface area (Å²) in [6, 6.07) is 19.0. The molecule has 2 aromatic carbocycles. The molecule has 0 aliphatic heterocycles. The number of hydrogen-bond donors (Lipinski definition) is 0. The Morgan fingerprint density at radius 2 is 1.74 bits per heavy atom. The first-order valence-electron chi connectivity index (χ1n) is 11.9. The molecule has 0 atom stereocenters. The van der Waals surface area contributed by atoms with E-state index in [1.165, 1.54) is 0 Å². The minimum absolute atomic E-state index is 0.0494. The molecule has 1 aliphatic rings. The van der Waals surface area contributed by atoms with E-state index in [1.807, 2.05) is 66.9 Å². The monoisotopic (exact) mass is 469 g/mol. The normalized spacial score (nSPS) is 13.2. The quantitative estimate of drug-likeness (QED) is 0.280. The number of fused-ring (bicyclic) bond motifs is 1. The van der Waals surface area contributed by atoms with Gasteiger partial charge < -0.3 is 9.30 Å². The minimum Gasteiger partial charge on any atom is -0.457 e. The van der Waals surface area contributed by atoms with E-state index in [1.54, 1.807) is 16.7 Å². The molecule has 0 amide bonds. The van der Waals surface area contributed by atoms with Gasteiger partial charge in [-0.2, -0.15) is 0 Å². The van der Waals surface area contributed by atoms with Crippen molar-refractivity contribution in [1.29, 1.82) is 0 Å². The topological polar surface area (TPSA) is 83.2 Å². The number of ketones is 1. The maximum atomic E-state index is 13.0. The number of hydrogen-bond acceptors (Lipinski definition) is 5. The first-order chi connectivity index (χ1) is 16.9. The number of carbonyl (C=O) groups is 2. The van der Waals surface area contributed by atoms with Gasteiger partial charge in [-0.25, -0.2) is 4.98 Å². The van der Waals surface area contributed by atoms with Crippen LogP contribution in [0, 0.1) is 13.8 Å². The molecule has 2 heterocycles. The maximum Gasteiger partial charge on any atom is 0.306 e. The summed E-state index contributed by atoms with van der Waals surface area (Å²) in [6.07, 6.45) is 2.21. The van der Waals surface area contributed by atoms with Crippen LogP contribution in [0.5, 0.6) is 0 Å². The van der Waals surface area contributed by atoms with Gasteiger partial charge >= 0.3 is 5.97 Å². The van der Waals surface area contributed by atoms with Gasteiger partial charge in [-0.3, -0.25) is 19.0 Å². The average molecular weight is 470 g/mol. The van der Waals surface area contributed by atoms with Crippen LogP contribution in [0.25, 0.3) is 16.6 Å². The molecule has 4 aromatic rings. The second kappa shape index (κ2) is 9.33. The Labute approximate surface area is 203 Å². The number of para-hydroxylation sites is 2. The molecule has 35 heavy (non-hydrogen) atoms. The molecular formula is C28H27N3O4. The predicted octanol–water partition coefficient (Wildman–Crippen LogP) is 4.50. The summed E-state index contributed by atoms with van der Waals surface area (Å²) in [6.45, 7) is 3.51. The highest BCUT2D eigenvalue weighted by Gasteiger charge is 2.28. The van der Waals surface area contributed by atoms with Crippen molar-refractivity contribution < 1.29 is 14.3 Å². The van der Waals surface area contributed by atoms with Crippen molar-refractivity contribution in [3.05, 3.63) is 93.8 Å². The van der Waals surface area contributed by atoms with E-state index in [0.717, 1.165) is 29.9 Å². The zero-order valence-electron chi connectivity index (χ0n) is 19.9. The Hall–Kier alpha value is -4.00. The lowest BCUT2D eigenvalue weighted by Crippen LogP contribution is -2.25. The molecular weight excluding hydrogens is 442 g/mol. The number of aryl methyl sites for hydroxylation is 2. The number of benzene rings is 2. The first kappa shape index (κ1) is 22.8. The Bertz CT molecular complexity index is 1480. The third-order valence-electron chi connectivity index (χ3n) is 6.46. The first-order valence-corrected chi connectivity index (χ1v) is 11.9. The molecule has 7 heteroatoms. The van der Waals surface area contributed by atoms with Gasteiger partial charge in [0, 0.05) is 35.1 Å². The van der Waals surface area contributed by atoms with Crippen LogP contribution >= 0.6 is 0 Å². The van der Waals surface area contributed by atoms with Gasteiger partial charge in [0.1, 0.15) is 5.82 Å². The van der Waals surface area contributed by atoms with Crippen molar-refractivity contribution in [3.63, 3.8) is 0 Å². The molecule has 178 valence electrons. The van der Waals surface area contributed by atoms with E-state index in [4.69, 9.17) is 4.74 Å². The van der Waals surface area contributed by atoms with Gasteiger partial charge in [0.05, 0.1) is 17.3 Å². The fraction of sp³-hybridized carbons (Fsp3) is 0.286. The van der Waals surface area contributed by atoms with Gasteiger partial charge in [-0.05, 0) is 57.0 Å². The van der Waals surface area contributed by atoms with Crippen LogP contribution in [0.15, 0.2) is 65.5 Å². The van der Waals surface area contributed by atoms with Crippen LogP contribution in [0.4, 0.5) is 0 Å². The van der Waals surface area contributed by atoms with E-state index in [0.29, 0.717) is 22.3 Å². The van der Waals surface area contributed by atoms with E-state index < -0.39 is 5.97 Å². The van der Waals surface area contributed by atoms with Gasteiger partial charge in [-0.1, -0.05) is 30.3 Å². The van der Waals surface area contributed by atoms with Crippen LogP contribution in [-0.4, -0.2) is 32.5 Å². The van der Waals surface area contributed by atoms with Crippen LogP contribution in [-0.2, 0) is 16.0 Å². The summed E-state index contributed by atoms with van der Waals surface area (Å²) in [5.74, 6) is -0.141. The number of carbonyl (C=O) groups excluding carboxylic acids is 2. The number of esters is 1. The number of nitrogens with zero attached hydrogens (tertiary/aromatic N) is 3. The minimum atomic E-state index is -0.486. The van der Waals surface area contributed by atoms with Gasteiger partial charge in [-0.15, -0.1) is 0 Å². The zero-order chi connectivity index (χ0) is 24.5. The highest BCUT2D eigenvalue weighted by Crippen LogP contribution is 2.35. The Morgan fingerprint density at radius 1 is 1.03 bits per heavy atom. The van der Waals surface area contributed by atoms with Gasteiger partial charge in [0.15, 0.2) is 6.61 Å². The molecule has 0 unspecified atom stereocenters. The Morgan fingerprint density at radius 3 is 2.49 bits per heavy atom. The van der Waals surface area contributed by atoms with E-state index >= 15 is 0 Å². The van der Waals surface area contributed by atoms with Crippen LogP contribution in [0.3, 0.4) is 0 Å². The standard InChI is InChI=1S/C28H27N3O4/c1-18-16-23(19(2)30(18)20-8-4-3-5-9-20)25(32)17-35-27(33)15-14-26-29-24-11-7-6-10-22(24)28(34)31(26)21-12-13-21/h3-11,16,21H,12-15,17H2,1-2H3. The lowest BCUT2D eigenvalue weighted by atomic mass is 10.1. The van der Waals surface area contributed by atoms with E-state index in [9.17, 15) is 14.4 Å². The maximum absolute atomic E-state index is 13.0. The SMILES string of the molecule is Cc1cc(C(=O)COC(=O)CCc2nc3ccccc3c(=O)n2C2CC2)c(C)n1-c1ccccc1. The number of aromatic nitrogens is 3. The molecule has 5 rings (SSSR count). The second-order valence-electron chi connectivity index (χ2n) is 8.99. The molecule has 7 nitrogen and oxygen atoms in total. The largest absolute Gasteiger partial charge is 0.457 e. The molecule has 1 saturated carbocycles. The fourth-order valence-electron chi connectivity index (χ4n) is 4.61.